The summed E-state index contributed by atoms with van der Waals surface area (Å²) in [6.07, 6.45) is 0.0683. The van der Waals surface area contributed by atoms with Crippen LogP contribution >= 0.6 is 17.0 Å². The number of nitrogens with zero attached hydrogens (tertiary/aromatic N) is 1. The highest BCUT2D eigenvalue weighted by molar-refractivity contribution is 8.93. The second kappa shape index (κ2) is 4.54. The molecule has 0 radical (unpaired) electrons. The van der Waals surface area contributed by atoms with E-state index < -0.39 is 6.04 Å². The molecular formula is C6H11BrN2O3. The molecule has 0 aliphatic carbocycles. The number of aliphatic hydroxyl groups is 1. The number of β-amino-alcohol motifs (C(OH)–C–C–N with tert-alkyl or cyclic N) is 1. The zero-order valence-electron chi connectivity index (χ0n) is 6.40. The Balaban J connectivity index is 0.00000121. The van der Waals surface area contributed by atoms with Crippen LogP contribution in [0, 0.1) is 0 Å². The Morgan fingerprint density at radius 2 is 2.17 bits per heavy atom. The second-order valence-corrected chi connectivity index (χ2v) is 2.42. The van der Waals surface area contributed by atoms with Crippen molar-refractivity contribution in [3.63, 3.8) is 0 Å². The van der Waals surface area contributed by atoms with Crippen LogP contribution in [0.4, 0.5) is 0 Å². The third kappa shape index (κ3) is 2.02. The Labute approximate surface area is 80.3 Å². The molecule has 0 saturated carbocycles. The van der Waals surface area contributed by atoms with Crippen LogP contribution in [0.1, 0.15) is 6.42 Å². The molecule has 5 nitrogen and oxygen atoms in total. The lowest BCUT2D eigenvalue weighted by Crippen LogP contribution is -2.36. The van der Waals surface area contributed by atoms with Gasteiger partial charge in [0.15, 0.2) is 0 Å². The van der Waals surface area contributed by atoms with E-state index in [0.29, 0.717) is 0 Å². The van der Waals surface area contributed by atoms with Crippen molar-refractivity contribution in [2.24, 2.45) is 5.73 Å². The summed E-state index contributed by atoms with van der Waals surface area (Å²) in [5, 5.41) is 8.46. The summed E-state index contributed by atoms with van der Waals surface area (Å²) in [7, 11) is 0. The summed E-state index contributed by atoms with van der Waals surface area (Å²) in [5.41, 5.74) is 5.30. The third-order valence-electron chi connectivity index (χ3n) is 1.60. The maximum absolute atomic E-state index is 11.0. The van der Waals surface area contributed by atoms with Crippen molar-refractivity contribution in [3.8, 4) is 0 Å². The van der Waals surface area contributed by atoms with Crippen molar-refractivity contribution < 1.29 is 14.7 Å². The molecule has 0 unspecified atom stereocenters. The van der Waals surface area contributed by atoms with Gasteiger partial charge in [-0.3, -0.25) is 14.5 Å². The molecule has 1 atom stereocenters. The molecule has 0 spiro atoms. The minimum Gasteiger partial charge on any atom is -0.395 e. The lowest BCUT2D eigenvalue weighted by molar-refractivity contribution is -0.139. The van der Waals surface area contributed by atoms with E-state index in [0.717, 1.165) is 4.90 Å². The number of hydrogen-bond acceptors (Lipinski definition) is 4. The molecule has 1 aliphatic rings. The van der Waals surface area contributed by atoms with Gasteiger partial charge in [0.05, 0.1) is 25.6 Å². The highest BCUT2D eigenvalue weighted by Crippen LogP contribution is 2.09. The molecule has 70 valence electrons. The van der Waals surface area contributed by atoms with Gasteiger partial charge in [0, 0.05) is 0 Å². The largest absolute Gasteiger partial charge is 0.395 e. The summed E-state index contributed by atoms with van der Waals surface area (Å²) in [5.74, 6) is -0.680. The second-order valence-electron chi connectivity index (χ2n) is 2.42. The monoisotopic (exact) mass is 238 g/mol. The molecule has 1 fully saturated rings. The Bertz CT molecular complexity index is 197. The SMILES string of the molecule is Br.N[C@@H]1CC(=O)N(CCO)C1=O. The Hall–Kier alpha value is -0.460. The van der Waals surface area contributed by atoms with Gasteiger partial charge in [-0.1, -0.05) is 0 Å². The maximum Gasteiger partial charge on any atom is 0.246 e. The van der Waals surface area contributed by atoms with E-state index in [9.17, 15) is 9.59 Å². The smallest absolute Gasteiger partial charge is 0.246 e. The summed E-state index contributed by atoms with van der Waals surface area (Å²) in [6, 6.07) is -0.700. The molecule has 12 heavy (non-hydrogen) atoms. The number of carbonyl (C=O) groups is 2. The van der Waals surface area contributed by atoms with Crippen molar-refractivity contribution >= 4 is 28.8 Å². The molecule has 0 aromatic rings. The number of aliphatic hydroxyl groups excluding tert-OH is 1. The highest BCUT2D eigenvalue weighted by atomic mass is 79.9. The molecular weight excluding hydrogens is 228 g/mol. The zero-order chi connectivity index (χ0) is 8.43. The van der Waals surface area contributed by atoms with Crippen molar-refractivity contribution in [2.45, 2.75) is 12.5 Å². The first kappa shape index (κ1) is 11.5. The average Bonchev–Trinajstić information content (AvgIpc) is 2.17. The minimum atomic E-state index is -0.700. The van der Waals surface area contributed by atoms with Gasteiger partial charge < -0.3 is 10.8 Å². The lowest BCUT2D eigenvalue weighted by Gasteiger charge is -2.10. The normalized spacial score (nSPS) is 22.8. The van der Waals surface area contributed by atoms with E-state index in [1.165, 1.54) is 0 Å². The quantitative estimate of drug-likeness (QED) is 0.583. The van der Waals surface area contributed by atoms with Crippen molar-refractivity contribution in [1.29, 1.82) is 0 Å². The van der Waals surface area contributed by atoms with Crippen LogP contribution < -0.4 is 5.73 Å². The topological polar surface area (TPSA) is 83.6 Å². The number of hydrogen-bond donors (Lipinski definition) is 2. The predicted molar refractivity (Wildman–Crippen MR) is 46.7 cm³/mol. The van der Waals surface area contributed by atoms with Gasteiger partial charge in [-0.25, -0.2) is 0 Å². The summed E-state index contributed by atoms with van der Waals surface area (Å²) < 4.78 is 0. The zero-order valence-corrected chi connectivity index (χ0v) is 8.11. The molecule has 6 heteroatoms. The van der Waals surface area contributed by atoms with Gasteiger partial charge in [-0.2, -0.15) is 0 Å². The van der Waals surface area contributed by atoms with Crippen molar-refractivity contribution in [3.05, 3.63) is 0 Å². The van der Waals surface area contributed by atoms with Crippen molar-refractivity contribution in [2.75, 3.05) is 13.2 Å². The number of rotatable bonds is 2. The molecule has 2 amide bonds. The Morgan fingerprint density at radius 1 is 1.58 bits per heavy atom. The molecule has 0 aromatic heterocycles. The number of likely N-dealkylation sites (tertiary alicyclic amines) is 1. The van der Waals surface area contributed by atoms with E-state index in [4.69, 9.17) is 10.8 Å². The predicted octanol–water partition coefficient (Wildman–Crippen LogP) is -1.36. The van der Waals surface area contributed by atoms with E-state index in [1.807, 2.05) is 0 Å². The number of halogens is 1. The van der Waals surface area contributed by atoms with Crippen LogP contribution in [0.3, 0.4) is 0 Å². The molecule has 0 aromatic carbocycles. The van der Waals surface area contributed by atoms with E-state index in [2.05, 4.69) is 0 Å². The number of imide groups is 1. The first-order chi connectivity index (χ1) is 5.16. The fourth-order valence-corrected chi connectivity index (χ4v) is 1.04. The van der Waals surface area contributed by atoms with Gasteiger partial charge in [0.25, 0.3) is 0 Å². The molecule has 0 bridgehead atoms. The summed E-state index contributed by atoms with van der Waals surface area (Å²) >= 11 is 0. The Morgan fingerprint density at radius 3 is 2.50 bits per heavy atom. The fourth-order valence-electron chi connectivity index (χ4n) is 1.04. The highest BCUT2D eigenvalue weighted by Gasteiger charge is 2.35. The van der Waals surface area contributed by atoms with Gasteiger partial charge in [-0.05, 0) is 0 Å². The third-order valence-corrected chi connectivity index (χ3v) is 1.60. The number of carbonyl (C=O) groups excluding carboxylic acids is 2. The van der Waals surface area contributed by atoms with Crippen LogP contribution in [-0.4, -0.2) is 41.0 Å². The number of amides is 2. The van der Waals surface area contributed by atoms with E-state index >= 15 is 0 Å². The fraction of sp³-hybridized carbons (Fsp3) is 0.667. The molecule has 1 heterocycles. The standard InChI is InChI=1S/C6H10N2O3.BrH/c7-4-3-5(10)8(1-2-9)6(4)11;/h4,9H,1-3,7H2;1H/t4-;/m1./s1. The molecule has 1 rings (SSSR count). The van der Waals surface area contributed by atoms with Crippen LogP contribution in [0.5, 0.6) is 0 Å². The average molecular weight is 239 g/mol. The van der Waals surface area contributed by atoms with Gasteiger partial charge >= 0.3 is 0 Å². The lowest BCUT2D eigenvalue weighted by atomic mass is 10.3. The molecule has 1 saturated heterocycles. The molecule has 1 aliphatic heterocycles. The van der Waals surface area contributed by atoms with Crippen LogP contribution in [0.25, 0.3) is 0 Å². The van der Waals surface area contributed by atoms with Crippen LogP contribution in [0.15, 0.2) is 0 Å². The van der Waals surface area contributed by atoms with Crippen molar-refractivity contribution in [1.82, 2.24) is 4.90 Å². The number of nitrogens with two attached hydrogens (primary N) is 1. The minimum absolute atomic E-state index is 0. The van der Waals surface area contributed by atoms with Crippen LogP contribution in [-0.2, 0) is 9.59 Å². The Kier molecular flexibility index (Phi) is 4.36. The van der Waals surface area contributed by atoms with Gasteiger partial charge in [0.2, 0.25) is 11.8 Å². The first-order valence-corrected chi connectivity index (χ1v) is 3.37. The van der Waals surface area contributed by atoms with E-state index in [-0.39, 0.29) is 48.4 Å². The van der Waals surface area contributed by atoms with Gasteiger partial charge in [-0.15, -0.1) is 17.0 Å². The molecule has 3 N–H and O–H groups in total. The maximum atomic E-state index is 11.0. The van der Waals surface area contributed by atoms with E-state index in [1.54, 1.807) is 0 Å². The summed E-state index contributed by atoms with van der Waals surface area (Å²) in [4.78, 5) is 22.9. The summed E-state index contributed by atoms with van der Waals surface area (Å²) in [6.45, 7) is -0.143. The van der Waals surface area contributed by atoms with Crippen LogP contribution in [0.2, 0.25) is 0 Å². The first-order valence-electron chi connectivity index (χ1n) is 3.37. The van der Waals surface area contributed by atoms with Gasteiger partial charge in [0.1, 0.15) is 0 Å².